The molecular formula is C19H18ClN3O. The Bertz CT molecular complexity index is 907. The molecule has 1 aliphatic rings. The van der Waals surface area contributed by atoms with Crippen LogP contribution >= 0.6 is 11.6 Å². The van der Waals surface area contributed by atoms with Crippen LogP contribution in [-0.2, 0) is 24.4 Å². The first-order valence-corrected chi connectivity index (χ1v) is 8.35. The number of aromatic amines is 1. The molecule has 2 heterocycles. The van der Waals surface area contributed by atoms with Crippen molar-refractivity contribution in [2.24, 2.45) is 0 Å². The van der Waals surface area contributed by atoms with Crippen LogP contribution in [0.3, 0.4) is 0 Å². The molecule has 1 aliphatic heterocycles. The molecule has 2 aromatic carbocycles. The number of nitrogens with zero attached hydrogens (tertiary/aromatic N) is 1. The summed E-state index contributed by atoms with van der Waals surface area (Å²) in [6.45, 7) is 3.76. The molecule has 122 valence electrons. The number of rotatable bonds is 3. The van der Waals surface area contributed by atoms with Crippen molar-refractivity contribution in [2.45, 2.75) is 26.6 Å². The highest BCUT2D eigenvalue weighted by molar-refractivity contribution is 6.34. The van der Waals surface area contributed by atoms with Gasteiger partial charge in [-0.2, -0.15) is 0 Å². The third-order valence-electron chi connectivity index (χ3n) is 4.45. The number of amides is 1. The predicted octanol–water partition coefficient (Wildman–Crippen LogP) is 3.98. The molecule has 0 radical (unpaired) electrons. The zero-order chi connectivity index (χ0) is 16.7. The summed E-state index contributed by atoms with van der Waals surface area (Å²) in [5.74, 6) is -0.0396. The molecule has 3 aromatic rings. The van der Waals surface area contributed by atoms with Crippen molar-refractivity contribution in [2.75, 3.05) is 4.90 Å². The van der Waals surface area contributed by atoms with Crippen LogP contribution in [0.5, 0.6) is 0 Å². The summed E-state index contributed by atoms with van der Waals surface area (Å²) in [6.07, 6.45) is 0. The fraction of sp³-hybridized carbons (Fsp3) is 0.211. The lowest BCUT2D eigenvalue weighted by atomic mass is 10.1. The van der Waals surface area contributed by atoms with Gasteiger partial charge in [0.25, 0.3) is 0 Å². The minimum Gasteiger partial charge on any atom is -0.362 e. The van der Waals surface area contributed by atoms with Gasteiger partial charge in [0.2, 0.25) is 5.91 Å². The topological polar surface area (TPSA) is 48.1 Å². The normalized spacial score (nSPS) is 13.3. The molecular weight excluding hydrogens is 322 g/mol. The van der Waals surface area contributed by atoms with E-state index >= 15 is 0 Å². The summed E-state index contributed by atoms with van der Waals surface area (Å²) in [4.78, 5) is 16.7. The Balaban J connectivity index is 1.64. The Labute approximate surface area is 145 Å². The van der Waals surface area contributed by atoms with Crippen molar-refractivity contribution in [3.05, 3.63) is 64.3 Å². The molecule has 0 fully saturated rings. The van der Waals surface area contributed by atoms with Gasteiger partial charge in [0.05, 0.1) is 17.3 Å². The lowest BCUT2D eigenvalue weighted by molar-refractivity contribution is -0.119. The molecule has 0 saturated heterocycles. The number of anilines is 1. The van der Waals surface area contributed by atoms with Crippen molar-refractivity contribution >= 4 is 34.1 Å². The highest BCUT2D eigenvalue weighted by Crippen LogP contribution is 2.36. The van der Waals surface area contributed by atoms with E-state index in [-0.39, 0.29) is 5.91 Å². The summed E-state index contributed by atoms with van der Waals surface area (Å²) in [6, 6.07) is 14.6. The largest absolute Gasteiger partial charge is 0.362 e. The van der Waals surface area contributed by atoms with Gasteiger partial charge in [-0.15, -0.1) is 0 Å². The summed E-state index contributed by atoms with van der Waals surface area (Å²) in [7, 11) is 0. The van der Waals surface area contributed by atoms with Gasteiger partial charge in [0.15, 0.2) is 0 Å². The summed E-state index contributed by atoms with van der Waals surface area (Å²) >= 11 is 6.54. The van der Waals surface area contributed by atoms with Gasteiger partial charge in [0.1, 0.15) is 0 Å². The molecule has 4 rings (SSSR count). The van der Waals surface area contributed by atoms with Crippen LogP contribution < -0.4 is 10.2 Å². The van der Waals surface area contributed by atoms with E-state index in [0.717, 1.165) is 40.4 Å². The Kier molecular flexibility index (Phi) is 3.69. The molecule has 0 spiro atoms. The third kappa shape index (κ3) is 2.74. The lowest BCUT2D eigenvalue weighted by Crippen LogP contribution is -2.18. The number of fused-ring (bicyclic) bond motifs is 2. The van der Waals surface area contributed by atoms with Crippen LogP contribution in [0.1, 0.15) is 23.7 Å². The second-order valence-corrected chi connectivity index (χ2v) is 6.63. The number of carbonyl (C=O) groups excluding carboxylic acids is 1. The Morgan fingerprint density at radius 2 is 1.92 bits per heavy atom. The second kappa shape index (κ2) is 5.87. The molecule has 5 heteroatoms. The van der Waals surface area contributed by atoms with Crippen LogP contribution in [-0.4, -0.2) is 10.9 Å². The van der Waals surface area contributed by atoms with E-state index in [1.807, 2.05) is 12.1 Å². The van der Waals surface area contributed by atoms with Crippen molar-refractivity contribution < 1.29 is 4.79 Å². The summed E-state index contributed by atoms with van der Waals surface area (Å²) in [5.41, 5.74) is 5.75. The maximum atomic E-state index is 11.1. The maximum absolute atomic E-state index is 11.1. The zero-order valence-corrected chi connectivity index (χ0v) is 14.2. The standard InChI is InChI=1S/C19H18ClN3O/c1-12(24)21-9-16-6-15-7-17(20)19(8-18(15)22-16)23-10-13-4-2-3-5-14(13)11-23/h2-8,22H,9-11H2,1H3,(H,21,24). The average molecular weight is 340 g/mol. The SMILES string of the molecule is CC(=O)NCc1cc2cc(Cl)c(N3Cc4ccccc4C3)cc2[nH]1. The van der Waals surface area contributed by atoms with E-state index in [0.29, 0.717) is 6.54 Å². The molecule has 0 aliphatic carbocycles. The Morgan fingerprint density at radius 3 is 2.58 bits per heavy atom. The number of aromatic nitrogens is 1. The van der Waals surface area contributed by atoms with Gasteiger partial charge in [-0.3, -0.25) is 4.79 Å². The summed E-state index contributed by atoms with van der Waals surface area (Å²) < 4.78 is 0. The number of hydrogen-bond acceptors (Lipinski definition) is 2. The molecule has 4 nitrogen and oxygen atoms in total. The van der Waals surface area contributed by atoms with Crippen molar-refractivity contribution in [1.29, 1.82) is 0 Å². The number of H-pyrrole nitrogens is 1. The maximum Gasteiger partial charge on any atom is 0.217 e. The number of hydrogen-bond donors (Lipinski definition) is 2. The van der Waals surface area contributed by atoms with Crippen LogP contribution in [0, 0.1) is 0 Å². The van der Waals surface area contributed by atoms with Crippen molar-refractivity contribution in [1.82, 2.24) is 10.3 Å². The first-order chi connectivity index (χ1) is 11.6. The minimum absolute atomic E-state index is 0.0396. The van der Waals surface area contributed by atoms with Crippen LogP contribution in [0.2, 0.25) is 5.02 Å². The molecule has 0 unspecified atom stereocenters. The molecule has 2 N–H and O–H groups in total. The van der Waals surface area contributed by atoms with Crippen LogP contribution in [0.4, 0.5) is 5.69 Å². The number of carbonyl (C=O) groups is 1. The van der Waals surface area contributed by atoms with E-state index in [1.54, 1.807) is 0 Å². The highest BCUT2D eigenvalue weighted by Gasteiger charge is 2.21. The van der Waals surface area contributed by atoms with Crippen molar-refractivity contribution in [3.63, 3.8) is 0 Å². The third-order valence-corrected chi connectivity index (χ3v) is 4.76. The van der Waals surface area contributed by atoms with Gasteiger partial charge < -0.3 is 15.2 Å². The molecule has 24 heavy (non-hydrogen) atoms. The van der Waals surface area contributed by atoms with E-state index < -0.39 is 0 Å². The Morgan fingerprint density at radius 1 is 1.21 bits per heavy atom. The first-order valence-electron chi connectivity index (χ1n) is 7.97. The minimum atomic E-state index is -0.0396. The summed E-state index contributed by atoms with van der Waals surface area (Å²) in [5, 5.41) is 4.61. The lowest BCUT2D eigenvalue weighted by Gasteiger charge is -2.19. The fourth-order valence-electron chi connectivity index (χ4n) is 3.26. The molecule has 1 amide bonds. The van der Waals surface area contributed by atoms with E-state index in [2.05, 4.69) is 45.5 Å². The van der Waals surface area contributed by atoms with Gasteiger partial charge in [-0.25, -0.2) is 0 Å². The van der Waals surface area contributed by atoms with Gasteiger partial charge >= 0.3 is 0 Å². The van der Waals surface area contributed by atoms with Crippen LogP contribution in [0.25, 0.3) is 10.9 Å². The van der Waals surface area contributed by atoms with Gasteiger partial charge in [-0.1, -0.05) is 35.9 Å². The van der Waals surface area contributed by atoms with E-state index in [1.165, 1.54) is 18.1 Å². The molecule has 0 bridgehead atoms. The van der Waals surface area contributed by atoms with Crippen LogP contribution in [0.15, 0.2) is 42.5 Å². The molecule has 1 aromatic heterocycles. The quantitative estimate of drug-likeness (QED) is 0.758. The van der Waals surface area contributed by atoms with E-state index in [9.17, 15) is 4.79 Å². The second-order valence-electron chi connectivity index (χ2n) is 6.22. The number of nitrogens with one attached hydrogen (secondary N) is 2. The number of benzene rings is 2. The zero-order valence-electron chi connectivity index (χ0n) is 13.4. The van der Waals surface area contributed by atoms with Gasteiger partial charge in [-0.05, 0) is 29.3 Å². The first kappa shape index (κ1) is 15.1. The smallest absolute Gasteiger partial charge is 0.217 e. The van der Waals surface area contributed by atoms with Gasteiger partial charge in [0, 0.05) is 36.6 Å². The Hall–Kier alpha value is -2.46. The number of halogens is 1. The monoisotopic (exact) mass is 339 g/mol. The fourth-order valence-corrected chi connectivity index (χ4v) is 3.55. The molecule has 0 atom stereocenters. The predicted molar refractivity (Wildman–Crippen MR) is 97.2 cm³/mol. The van der Waals surface area contributed by atoms with Crippen molar-refractivity contribution in [3.8, 4) is 0 Å². The molecule has 0 saturated carbocycles. The van der Waals surface area contributed by atoms with E-state index in [4.69, 9.17) is 11.6 Å². The average Bonchev–Trinajstić information content (AvgIpc) is 3.14. The highest BCUT2D eigenvalue weighted by atomic mass is 35.5.